The number of benzene rings is 2. The summed E-state index contributed by atoms with van der Waals surface area (Å²) in [5, 5.41) is 5.65. The van der Waals surface area contributed by atoms with Gasteiger partial charge in [0.2, 0.25) is 5.91 Å². The summed E-state index contributed by atoms with van der Waals surface area (Å²) < 4.78 is 0. The van der Waals surface area contributed by atoms with Crippen LogP contribution in [0.15, 0.2) is 48.5 Å². The number of carbonyl (C=O) groups is 3. The van der Waals surface area contributed by atoms with Crippen molar-refractivity contribution in [3.63, 3.8) is 0 Å². The molecule has 27 heavy (non-hydrogen) atoms. The van der Waals surface area contributed by atoms with E-state index < -0.39 is 0 Å². The maximum Gasteiger partial charge on any atom is 0.255 e. The Hall–Kier alpha value is -3.15. The minimum atomic E-state index is -0.317. The molecule has 6 heteroatoms. The smallest absolute Gasteiger partial charge is 0.255 e. The van der Waals surface area contributed by atoms with E-state index in [1.54, 1.807) is 62.6 Å². The number of nitrogens with one attached hydrogen (secondary N) is 2. The maximum absolute atomic E-state index is 12.5. The van der Waals surface area contributed by atoms with E-state index >= 15 is 0 Å². The quantitative estimate of drug-likeness (QED) is 0.854. The summed E-state index contributed by atoms with van der Waals surface area (Å²) in [5.41, 5.74) is 2.00. The molecule has 0 radical (unpaired) electrons. The van der Waals surface area contributed by atoms with Gasteiger partial charge in [-0.05, 0) is 48.7 Å². The second-order valence-electron chi connectivity index (χ2n) is 7.09. The van der Waals surface area contributed by atoms with Crippen molar-refractivity contribution in [3.05, 3.63) is 59.7 Å². The molecule has 1 saturated carbocycles. The Kier molecular flexibility index (Phi) is 5.26. The van der Waals surface area contributed by atoms with E-state index in [1.165, 1.54) is 4.90 Å². The molecule has 3 amide bonds. The highest BCUT2D eigenvalue weighted by atomic mass is 16.2. The van der Waals surface area contributed by atoms with Gasteiger partial charge < -0.3 is 15.5 Å². The predicted molar refractivity (Wildman–Crippen MR) is 105 cm³/mol. The van der Waals surface area contributed by atoms with Crippen LogP contribution < -0.4 is 10.6 Å². The lowest BCUT2D eigenvalue weighted by atomic mass is 10.1. The van der Waals surface area contributed by atoms with E-state index in [-0.39, 0.29) is 23.6 Å². The van der Waals surface area contributed by atoms with Crippen LogP contribution in [-0.2, 0) is 4.79 Å². The largest absolute Gasteiger partial charge is 0.345 e. The fourth-order valence-corrected chi connectivity index (χ4v) is 2.84. The van der Waals surface area contributed by atoms with E-state index in [0.29, 0.717) is 28.4 Å². The third-order valence-corrected chi connectivity index (χ3v) is 4.67. The van der Waals surface area contributed by atoms with Crippen LogP contribution in [0.5, 0.6) is 0 Å². The van der Waals surface area contributed by atoms with Gasteiger partial charge in [-0.15, -0.1) is 0 Å². The van der Waals surface area contributed by atoms with Crippen molar-refractivity contribution in [2.45, 2.75) is 13.3 Å². The van der Waals surface area contributed by atoms with Gasteiger partial charge in [0.05, 0.1) is 11.3 Å². The second-order valence-corrected chi connectivity index (χ2v) is 7.09. The number of hydrogen-bond donors (Lipinski definition) is 2. The van der Waals surface area contributed by atoms with Crippen molar-refractivity contribution in [3.8, 4) is 0 Å². The lowest BCUT2D eigenvalue weighted by molar-refractivity contribution is -0.117. The summed E-state index contributed by atoms with van der Waals surface area (Å²) in [7, 11) is 3.33. The Morgan fingerprint density at radius 1 is 0.963 bits per heavy atom. The molecule has 1 fully saturated rings. The summed E-state index contributed by atoms with van der Waals surface area (Å²) in [4.78, 5) is 38.2. The van der Waals surface area contributed by atoms with Crippen LogP contribution in [0.4, 0.5) is 11.4 Å². The first-order chi connectivity index (χ1) is 12.9. The topological polar surface area (TPSA) is 78.5 Å². The lowest BCUT2D eigenvalue weighted by Crippen LogP contribution is -2.24. The minimum Gasteiger partial charge on any atom is -0.345 e. The Bertz CT molecular complexity index is 874. The van der Waals surface area contributed by atoms with Gasteiger partial charge in [-0.1, -0.05) is 19.1 Å². The fraction of sp³-hybridized carbons (Fsp3) is 0.286. The molecule has 2 aromatic rings. The van der Waals surface area contributed by atoms with Crippen molar-refractivity contribution >= 4 is 29.1 Å². The summed E-state index contributed by atoms with van der Waals surface area (Å²) >= 11 is 0. The molecule has 2 N–H and O–H groups in total. The molecular weight excluding hydrogens is 342 g/mol. The zero-order valence-electron chi connectivity index (χ0n) is 15.7. The molecule has 3 rings (SSSR count). The van der Waals surface area contributed by atoms with Crippen molar-refractivity contribution in [1.82, 2.24) is 4.90 Å². The van der Waals surface area contributed by atoms with Crippen LogP contribution >= 0.6 is 0 Å². The molecule has 1 aliphatic rings. The first-order valence-electron chi connectivity index (χ1n) is 8.89. The molecule has 0 bridgehead atoms. The Morgan fingerprint density at radius 2 is 1.59 bits per heavy atom. The molecular formula is C21H23N3O3. The van der Waals surface area contributed by atoms with Gasteiger partial charge in [-0.25, -0.2) is 0 Å². The second kappa shape index (κ2) is 7.61. The third kappa shape index (κ3) is 4.34. The number of amides is 3. The summed E-state index contributed by atoms with van der Waals surface area (Å²) in [6, 6.07) is 13.6. The Morgan fingerprint density at radius 3 is 2.19 bits per heavy atom. The fourth-order valence-electron chi connectivity index (χ4n) is 2.84. The minimum absolute atomic E-state index is 0.0239. The average molecular weight is 365 g/mol. The van der Waals surface area contributed by atoms with Crippen molar-refractivity contribution in [2.75, 3.05) is 24.7 Å². The molecule has 2 aromatic carbocycles. The normalized spacial score (nSPS) is 17.7. The molecule has 0 spiro atoms. The monoisotopic (exact) mass is 365 g/mol. The standard InChI is InChI=1S/C21H23N3O3/c1-13-12-17(13)20(26)22-15-10-8-14(9-11-15)19(25)23-18-7-5-4-6-16(18)21(27)24(2)3/h4-11,13,17H,12H2,1-3H3,(H,22,26)(H,23,25)/t13-,17+/m0/s1. The molecule has 140 valence electrons. The van der Waals surface area contributed by atoms with Gasteiger partial charge >= 0.3 is 0 Å². The summed E-state index contributed by atoms with van der Waals surface area (Å²) in [5.74, 6) is 0.0653. The summed E-state index contributed by atoms with van der Waals surface area (Å²) in [6.45, 7) is 2.05. The van der Waals surface area contributed by atoms with Crippen LogP contribution in [0.1, 0.15) is 34.1 Å². The van der Waals surface area contributed by atoms with E-state index in [0.717, 1.165) is 6.42 Å². The van der Waals surface area contributed by atoms with Crippen molar-refractivity contribution < 1.29 is 14.4 Å². The highest BCUT2D eigenvalue weighted by molar-refractivity contribution is 6.09. The average Bonchev–Trinajstić information content (AvgIpc) is 3.39. The number of para-hydroxylation sites is 1. The zero-order valence-corrected chi connectivity index (χ0v) is 15.7. The van der Waals surface area contributed by atoms with Crippen molar-refractivity contribution in [1.29, 1.82) is 0 Å². The molecule has 0 saturated heterocycles. The van der Waals surface area contributed by atoms with Gasteiger partial charge in [0.25, 0.3) is 11.8 Å². The Balaban J connectivity index is 1.68. The first kappa shape index (κ1) is 18.6. The van der Waals surface area contributed by atoms with Crippen LogP contribution in [0.2, 0.25) is 0 Å². The van der Waals surface area contributed by atoms with E-state index in [4.69, 9.17) is 0 Å². The van der Waals surface area contributed by atoms with Gasteiger partial charge in [-0.3, -0.25) is 14.4 Å². The Labute approximate surface area is 158 Å². The molecule has 1 aliphatic carbocycles. The van der Waals surface area contributed by atoms with E-state index in [9.17, 15) is 14.4 Å². The molecule has 2 atom stereocenters. The lowest BCUT2D eigenvalue weighted by Gasteiger charge is -2.14. The number of carbonyl (C=O) groups excluding carboxylic acids is 3. The highest BCUT2D eigenvalue weighted by Crippen LogP contribution is 2.38. The molecule has 6 nitrogen and oxygen atoms in total. The predicted octanol–water partition coefficient (Wildman–Crippen LogP) is 3.24. The maximum atomic E-state index is 12.5. The van der Waals surface area contributed by atoms with Crippen LogP contribution in [0, 0.1) is 11.8 Å². The molecule has 0 aliphatic heterocycles. The van der Waals surface area contributed by atoms with Crippen LogP contribution in [0.3, 0.4) is 0 Å². The first-order valence-corrected chi connectivity index (χ1v) is 8.89. The SMILES string of the molecule is C[C@H]1C[C@H]1C(=O)Nc1ccc(C(=O)Nc2ccccc2C(=O)N(C)C)cc1. The number of hydrogen-bond acceptors (Lipinski definition) is 3. The molecule has 0 aromatic heterocycles. The van der Waals surface area contributed by atoms with Crippen LogP contribution in [-0.4, -0.2) is 36.7 Å². The highest BCUT2D eigenvalue weighted by Gasteiger charge is 2.39. The van der Waals surface area contributed by atoms with Gasteiger partial charge in [0, 0.05) is 31.3 Å². The molecule has 0 heterocycles. The summed E-state index contributed by atoms with van der Waals surface area (Å²) in [6.07, 6.45) is 0.928. The number of rotatable bonds is 5. The van der Waals surface area contributed by atoms with Gasteiger partial charge in [-0.2, -0.15) is 0 Å². The van der Waals surface area contributed by atoms with Gasteiger partial charge in [0.15, 0.2) is 0 Å². The number of nitrogens with zero attached hydrogens (tertiary/aromatic N) is 1. The zero-order chi connectivity index (χ0) is 19.6. The molecule has 0 unspecified atom stereocenters. The van der Waals surface area contributed by atoms with Crippen LogP contribution in [0.25, 0.3) is 0 Å². The van der Waals surface area contributed by atoms with Crippen molar-refractivity contribution in [2.24, 2.45) is 11.8 Å². The number of anilines is 2. The van der Waals surface area contributed by atoms with E-state index in [2.05, 4.69) is 17.6 Å². The van der Waals surface area contributed by atoms with Gasteiger partial charge in [0.1, 0.15) is 0 Å². The third-order valence-electron chi connectivity index (χ3n) is 4.67. The van der Waals surface area contributed by atoms with E-state index in [1.807, 2.05) is 0 Å².